The second-order valence-corrected chi connectivity index (χ2v) is 15.7. The minimum atomic E-state index is -1.58. The summed E-state index contributed by atoms with van der Waals surface area (Å²) in [6.45, 7) is 13.6. The molecule has 0 bridgehead atoms. The van der Waals surface area contributed by atoms with E-state index < -0.39 is 16.4 Å². The molecule has 0 aromatic heterocycles. The van der Waals surface area contributed by atoms with Crippen molar-refractivity contribution in [1.29, 1.82) is 0 Å². The Bertz CT molecular complexity index is 389. The summed E-state index contributed by atoms with van der Waals surface area (Å²) in [5.74, 6) is 2.00. The molecule has 0 atom stereocenters. The van der Waals surface area contributed by atoms with Crippen LogP contribution in [0.5, 0.6) is 11.5 Å². The van der Waals surface area contributed by atoms with Gasteiger partial charge in [-0.05, 0) is 31.8 Å². The van der Waals surface area contributed by atoms with Gasteiger partial charge < -0.3 is 9.16 Å². The molecule has 1 aromatic carbocycles. The first-order valence-electron chi connectivity index (χ1n) is 6.01. The zero-order valence-corrected chi connectivity index (χ0v) is 14.0. The van der Waals surface area contributed by atoms with Crippen LogP contribution >= 0.6 is 0 Å². The molecule has 0 aliphatic heterocycles. The number of rotatable bonds is 4. The van der Waals surface area contributed by atoms with E-state index in [1.807, 2.05) is 12.1 Å². The maximum absolute atomic E-state index is 6.20. The summed E-state index contributed by atoms with van der Waals surface area (Å²) in [7, 11) is -1.31. The van der Waals surface area contributed by atoms with Gasteiger partial charge in [-0.25, -0.2) is 0 Å². The van der Waals surface area contributed by atoms with Crippen molar-refractivity contribution >= 4 is 21.6 Å². The molecule has 0 saturated carbocycles. The molecule has 0 amide bonds. The van der Waals surface area contributed by atoms with Gasteiger partial charge in [0.05, 0.1) is 15.2 Å². The van der Waals surface area contributed by atoms with Crippen molar-refractivity contribution in [3.05, 3.63) is 18.2 Å². The second-order valence-electron chi connectivity index (χ2n) is 6.30. The standard InChI is InChI=1S/C13H24O2Si2/c1-14-11-9-8-10-12(15-17(5,6)7)13(11)16(2,3)4/h8-10H,1-7H3. The van der Waals surface area contributed by atoms with Gasteiger partial charge in [0.1, 0.15) is 11.5 Å². The molecule has 96 valence electrons. The van der Waals surface area contributed by atoms with Gasteiger partial charge in [0.25, 0.3) is 0 Å². The number of hydrogen-bond donors (Lipinski definition) is 0. The Morgan fingerprint density at radius 1 is 0.882 bits per heavy atom. The highest BCUT2D eigenvalue weighted by molar-refractivity contribution is 6.90. The third-order valence-corrected chi connectivity index (χ3v) is 5.20. The Labute approximate surface area is 107 Å². The SMILES string of the molecule is COc1cccc(O[Si](C)(C)C)c1[Si](C)(C)C. The summed E-state index contributed by atoms with van der Waals surface area (Å²) in [5.41, 5.74) is 0. The Hall–Kier alpha value is -0.746. The Morgan fingerprint density at radius 3 is 1.82 bits per heavy atom. The van der Waals surface area contributed by atoms with Crippen LogP contribution in [0.1, 0.15) is 0 Å². The van der Waals surface area contributed by atoms with Crippen LogP contribution in [0.25, 0.3) is 0 Å². The van der Waals surface area contributed by atoms with Crippen molar-refractivity contribution in [2.24, 2.45) is 0 Å². The third kappa shape index (κ3) is 3.89. The van der Waals surface area contributed by atoms with Gasteiger partial charge >= 0.3 is 0 Å². The van der Waals surface area contributed by atoms with Crippen molar-refractivity contribution in [1.82, 2.24) is 0 Å². The highest BCUT2D eigenvalue weighted by Crippen LogP contribution is 2.24. The fourth-order valence-electron chi connectivity index (χ4n) is 1.84. The maximum Gasteiger partial charge on any atom is 0.242 e. The molecule has 1 rings (SSSR count). The summed E-state index contributed by atoms with van der Waals surface area (Å²) in [6.07, 6.45) is 0. The van der Waals surface area contributed by atoms with Crippen LogP contribution in [0.3, 0.4) is 0 Å². The van der Waals surface area contributed by atoms with E-state index in [2.05, 4.69) is 45.3 Å². The normalized spacial score (nSPS) is 12.4. The molecule has 0 N–H and O–H groups in total. The van der Waals surface area contributed by atoms with Gasteiger partial charge in [0.15, 0.2) is 0 Å². The quantitative estimate of drug-likeness (QED) is 0.779. The molecule has 17 heavy (non-hydrogen) atoms. The first kappa shape index (κ1) is 14.3. The van der Waals surface area contributed by atoms with Gasteiger partial charge in [0.2, 0.25) is 8.32 Å². The Kier molecular flexibility index (Phi) is 4.09. The van der Waals surface area contributed by atoms with E-state index in [4.69, 9.17) is 9.16 Å². The van der Waals surface area contributed by atoms with Crippen LogP contribution < -0.4 is 14.3 Å². The highest BCUT2D eigenvalue weighted by Gasteiger charge is 2.28. The monoisotopic (exact) mass is 268 g/mol. The van der Waals surface area contributed by atoms with E-state index in [9.17, 15) is 0 Å². The van der Waals surface area contributed by atoms with Crippen molar-refractivity contribution < 1.29 is 9.16 Å². The molecule has 0 radical (unpaired) electrons. The lowest BCUT2D eigenvalue weighted by atomic mass is 10.3. The predicted octanol–water partition coefficient (Wildman–Crippen LogP) is 3.45. The fraction of sp³-hybridized carbons (Fsp3) is 0.538. The zero-order chi connectivity index (χ0) is 13.3. The molecule has 1 aromatic rings. The average molecular weight is 269 g/mol. The number of ether oxygens (including phenoxy) is 1. The van der Waals surface area contributed by atoms with Crippen molar-refractivity contribution in [2.75, 3.05) is 7.11 Å². The van der Waals surface area contributed by atoms with E-state index in [0.717, 1.165) is 11.5 Å². The van der Waals surface area contributed by atoms with Crippen LogP contribution in [-0.4, -0.2) is 23.5 Å². The molecular formula is C13H24O2Si2. The van der Waals surface area contributed by atoms with E-state index in [1.165, 1.54) is 5.19 Å². The van der Waals surface area contributed by atoms with Gasteiger partial charge in [-0.2, -0.15) is 0 Å². The molecule has 0 aliphatic rings. The van der Waals surface area contributed by atoms with Crippen LogP contribution in [-0.2, 0) is 0 Å². The topological polar surface area (TPSA) is 18.5 Å². The summed E-state index contributed by atoms with van der Waals surface area (Å²) in [6, 6.07) is 6.12. The highest BCUT2D eigenvalue weighted by atomic mass is 28.4. The number of methoxy groups -OCH3 is 1. The fourth-order valence-corrected chi connectivity index (χ4v) is 4.57. The molecule has 2 nitrogen and oxygen atoms in total. The minimum Gasteiger partial charge on any atom is -0.544 e. The summed E-state index contributed by atoms with van der Waals surface area (Å²) >= 11 is 0. The predicted molar refractivity (Wildman–Crippen MR) is 79.9 cm³/mol. The Morgan fingerprint density at radius 2 is 1.41 bits per heavy atom. The number of hydrogen-bond acceptors (Lipinski definition) is 2. The van der Waals surface area contributed by atoms with Crippen LogP contribution in [0.15, 0.2) is 18.2 Å². The first-order chi connectivity index (χ1) is 7.65. The molecule has 0 aliphatic carbocycles. The zero-order valence-electron chi connectivity index (χ0n) is 12.0. The Balaban J connectivity index is 3.30. The largest absolute Gasteiger partial charge is 0.544 e. The summed E-state index contributed by atoms with van der Waals surface area (Å²) in [5, 5.41) is 1.30. The summed E-state index contributed by atoms with van der Waals surface area (Å²) < 4.78 is 11.7. The lowest BCUT2D eigenvalue weighted by Crippen LogP contribution is -2.42. The van der Waals surface area contributed by atoms with Crippen LogP contribution in [0.2, 0.25) is 39.3 Å². The van der Waals surface area contributed by atoms with E-state index in [0.29, 0.717) is 0 Å². The van der Waals surface area contributed by atoms with Crippen LogP contribution in [0, 0.1) is 0 Å². The first-order valence-corrected chi connectivity index (χ1v) is 12.9. The van der Waals surface area contributed by atoms with Crippen molar-refractivity contribution in [3.63, 3.8) is 0 Å². The van der Waals surface area contributed by atoms with E-state index in [1.54, 1.807) is 7.11 Å². The molecule has 0 saturated heterocycles. The molecular weight excluding hydrogens is 244 g/mol. The molecule has 0 fully saturated rings. The van der Waals surface area contributed by atoms with E-state index >= 15 is 0 Å². The number of benzene rings is 1. The van der Waals surface area contributed by atoms with Crippen LogP contribution in [0.4, 0.5) is 0 Å². The average Bonchev–Trinajstić information content (AvgIpc) is 2.12. The van der Waals surface area contributed by atoms with Gasteiger partial charge in [-0.3, -0.25) is 0 Å². The van der Waals surface area contributed by atoms with Gasteiger partial charge in [-0.1, -0.05) is 25.7 Å². The van der Waals surface area contributed by atoms with E-state index in [-0.39, 0.29) is 0 Å². The summed E-state index contributed by atoms with van der Waals surface area (Å²) in [4.78, 5) is 0. The molecule has 0 spiro atoms. The molecule has 0 heterocycles. The second kappa shape index (κ2) is 4.86. The lowest BCUT2D eigenvalue weighted by Gasteiger charge is -2.28. The van der Waals surface area contributed by atoms with Gasteiger partial charge in [0, 0.05) is 5.19 Å². The van der Waals surface area contributed by atoms with Crippen molar-refractivity contribution in [2.45, 2.75) is 39.3 Å². The maximum atomic E-state index is 6.20. The molecule has 0 unspecified atom stereocenters. The minimum absolute atomic E-state index is 0.972. The van der Waals surface area contributed by atoms with Gasteiger partial charge in [-0.15, -0.1) is 0 Å². The molecule has 4 heteroatoms. The van der Waals surface area contributed by atoms with Crippen molar-refractivity contribution in [3.8, 4) is 11.5 Å². The smallest absolute Gasteiger partial charge is 0.242 e. The third-order valence-electron chi connectivity index (χ3n) is 2.37. The lowest BCUT2D eigenvalue weighted by molar-refractivity contribution is 0.416.